The van der Waals surface area contributed by atoms with Gasteiger partial charge in [-0.25, -0.2) is 13.1 Å². The van der Waals surface area contributed by atoms with Crippen LogP contribution in [0.4, 0.5) is 0 Å². The van der Waals surface area contributed by atoms with E-state index in [1.807, 2.05) is 0 Å². The van der Waals surface area contributed by atoms with Gasteiger partial charge in [-0.15, -0.1) is 6.58 Å². The van der Waals surface area contributed by atoms with Gasteiger partial charge in [0.15, 0.2) is 0 Å². The summed E-state index contributed by atoms with van der Waals surface area (Å²) in [7, 11) is -3.75. The summed E-state index contributed by atoms with van der Waals surface area (Å²) >= 11 is 0. The lowest BCUT2D eigenvalue weighted by atomic mass is 10.1. The molecule has 1 unspecified atom stereocenters. The van der Waals surface area contributed by atoms with E-state index >= 15 is 0 Å². The molecule has 1 atom stereocenters. The number of aliphatic carboxylic acids is 1. The molecule has 0 bridgehead atoms. The Labute approximate surface area is 146 Å². The van der Waals surface area contributed by atoms with Crippen LogP contribution < -0.4 is 4.72 Å². The summed E-state index contributed by atoms with van der Waals surface area (Å²) in [6.07, 6.45) is 1.18. The van der Waals surface area contributed by atoms with Crippen LogP contribution in [0.3, 0.4) is 0 Å². The predicted molar refractivity (Wildman–Crippen MR) is 89.7 cm³/mol. The van der Waals surface area contributed by atoms with Gasteiger partial charge in [0.1, 0.15) is 0 Å². The van der Waals surface area contributed by atoms with Crippen molar-refractivity contribution in [2.24, 2.45) is 0 Å². The molecular weight excluding hydrogens is 348 g/mol. The molecule has 1 fully saturated rings. The Balaban J connectivity index is 2.25. The number of carbonyl (C=O) groups excluding carboxylic acids is 1. The molecule has 0 saturated carbocycles. The third-order valence-electron chi connectivity index (χ3n) is 3.71. The largest absolute Gasteiger partial charge is 0.481 e. The monoisotopic (exact) mass is 368 g/mol. The Morgan fingerprint density at radius 3 is 2.88 bits per heavy atom. The van der Waals surface area contributed by atoms with Crippen molar-refractivity contribution in [2.75, 3.05) is 26.3 Å². The molecule has 9 heteroatoms. The highest BCUT2D eigenvalue weighted by atomic mass is 32.2. The summed E-state index contributed by atoms with van der Waals surface area (Å²) in [4.78, 5) is 25.1. The van der Waals surface area contributed by atoms with E-state index < -0.39 is 27.9 Å². The van der Waals surface area contributed by atoms with Gasteiger partial charge in [-0.05, 0) is 18.2 Å². The first-order valence-electron chi connectivity index (χ1n) is 7.66. The summed E-state index contributed by atoms with van der Waals surface area (Å²) in [6, 6.07) is 5.06. The van der Waals surface area contributed by atoms with Crippen LogP contribution in [0, 0.1) is 0 Å². The molecule has 2 N–H and O–H groups in total. The Kier molecular flexibility index (Phi) is 6.29. The zero-order valence-corrected chi connectivity index (χ0v) is 14.4. The maximum Gasteiger partial charge on any atom is 0.305 e. The van der Waals surface area contributed by atoms with Gasteiger partial charge in [-0.2, -0.15) is 0 Å². The van der Waals surface area contributed by atoms with E-state index in [0.29, 0.717) is 6.61 Å². The molecule has 1 amide bonds. The Morgan fingerprint density at radius 2 is 2.20 bits per heavy atom. The minimum Gasteiger partial charge on any atom is -0.481 e. The molecule has 0 aromatic heterocycles. The highest BCUT2D eigenvalue weighted by Gasteiger charge is 2.30. The molecule has 136 valence electrons. The number of hydrogen-bond donors (Lipinski definition) is 2. The Morgan fingerprint density at radius 1 is 1.44 bits per heavy atom. The maximum absolute atomic E-state index is 12.7. The predicted octanol–water partition coefficient (Wildman–Crippen LogP) is 0.467. The lowest BCUT2D eigenvalue weighted by Gasteiger charge is -2.35. The number of nitrogens with zero attached hydrogens (tertiary/aromatic N) is 1. The van der Waals surface area contributed by atoms with Gasteiger partial charge in [-0.1, -0.05) is 12.1 Å². The molecule has 0 aliphatic carbocycles. The molecule has 0 spiro atoms. The smallest absolute Gasteiger partial charge is 0.305 e. The highest BCUT2D eigenvalue weighted by Crippen LogP contribution is 2.18. The summed E-state index contributed by atoms with van der Waals surface area (Å²) in [5.41, 5.74) is 0.179. The summed E-state index contributed by atoms with van der Waals surface area (Å²) in [5, 5.41) is 8.98. The van der Waals surface area contributed by atoms with E-state index in [-0.39, 0.29) is 36.6 Å². The summed E-state index contributed by atoms with van der Waals surface area (Å²) in [5.74, 6) is -1.45. The average molecular weight is 368 g/mol. The zero-order valence-electron chi connectivity index (χ0n) is 13.6. The standard InChI is InChI=1S/C16H20N2O6S/c1-2-6-17-25(22,23)14-5-3-4-12(9-14)16(21)18-7-8-24-11-13(18)10-15(19)20/h2-5,9,13,17H,1,6-8,10-11H2,(H,19,20). The van der Waals surface area contributed by atoms with Crippen LogP contribution in [0.5, 0.6) is 0 Å². The molecule has 1 aliphatic rings. The summed E-state index contributed by atoms with van der Waals surface area (Å²) < 4.78 is 31.9. The number of benzene rings is 1. The number of amides is 1. The first-order chi connectivity index (χ1) is 11.8. The number of ether oxygens (including phenoxy) is 1. The molecular formula is C16H20N2O6S. The second-order valence-electron chi connectivity index (χ2n) is 5.49. The van der Waals surface area contributed by atoms with Gasteiger partial charge in [0.2, 0.25) is 10.0 Å². The normalized spacial score (nSPS) is 17.9. The lowest BCUT2D eigenvalue weighted by Crippen LogP contribution is -2.49. The molecule has 0 radical (unpaired) electrons. The fourth-order valence-corrected chi connectivity index (χ4v) is 3.55. The van der Waals surface area contributed by atoms with Crippen molar-refractivity contribution >= 4 is 21.9 Å². The zero-order chi connectivity index (χ0) is 18.4. The molecule has 8 nitrogen and oxygen atoms in total. The van der Waals surface area contributed by atoms with Crippen molar-refractivity contribution < 1.29 is 27.9 Å². The van der Waals surface area contributed by atoms with Crippen LogP contribution in [0.1, 0.15) is 16.8 Å². The van der Waals surface area contributed by atoms with Crippen molar-refractivity contribution in [3.8, 4) is 0 Å². The highest BCUT2D eigenvalue weighted by molar-refractivity contribution is 7.89. The molecule has 1 aromatic rings. The van der Waals surface area contributed by atoms with Crippen LogP contribution in [0.25, 0.3) is 0 Å². The van der Waals surface area contributed by atoms with Crippen molar-refractivity contribution in [1.29, 1.82) is 0 Å². The van der Waals surface area contributed by atoms with Crippen LogP contribution in [-0.4, -0.2) is 62.6 Å². The van der Waals surface area contributed by atoms with Crippen LogP contribution in [-0.2, 0) is 19.6 Å². The van der Waals surface area contributed by atoms with Crippen molar-refractivity contribution in [3.63, 3.8) is 0 Å². The van der Waals surface area contributed by atoms with Gasteiger partial charge in [-0.3, -0.25) is 9.59 Å². The number of morpholine rings is 1. The van der Waals surface area contributed by atoms with Crippen molar-refractivity contribution in [3.05, 3.63) is 42.5 Å². The number of hydrogen-bond acceptors (Lipinski definition) is 5. The summed E-state index contributed by atoms with van der Waals surface area (Å²) in [6.45, 7) is 4.22. The molecule has 1 aliphatic heterocycles. The average Bonchev–Trinajstić information content (AvgIpc) is 2.59. The molecule has 1 aromatic carbocycles. The molecule has 2 rings (SSSR count). The number of nitrogens with one attached hydrogen (secondary N) is 1. The molecule has 25 heavy (non-hydrogen) atoms. The van der Waals surface area contributed by atoms with Gasteiger partial charge < -0.3 is 14.7 Å². The van der Waals surface area contributed by atoms with Crippen molar-refractivity contribution in [1.82, 2.24) is 9.62 Å². The van der Waals surface area contributed by atoms with E-state index in [1.54, 1.807) is 0 Å². The number of carboxylic acid groups (broad SMARTS) is 1. The first-order valence-corrected chi connectivity index (χ1v) is 9.14. The lowest BCUT2D eigenvalue weighted by molar-refractivity contribution is -0.139. The first kappa shape index (κ1) is 19.1. The van der Waals surface area contributed by atoms with Gasteiger partial charge in [0.05, 0.1) is 30.6 Å². The van der Waals surface area contributed by atoms with E-state index in [2.05, 4.69) is 11.3 Å². The SMILES string of the molecule is C=CCNS(=O)(=O)c1cccc(C(=O)N2CCOCC2CC(=O)O)c1. The van der Waals surface area contributed by atoms with Gasteiger partial charge in [0, 0.05) is 18.7 Å². The number of sulfonamides is 1. The minimum atomic E-state index is -3.75. The van der Waals surface area contributed by atoms with E-state index in [0.717, 1.165) is 0 Å². The van der Waals surface area contributed by atoms with Crippen LogP contribution in [0.15, 0.2) is 41.8 Å². The van der Waals surface area contributed by atoms with Gasteiger partial charge >= 0.3 is 5.97 Å². The van der Waals surface area contributed by atoms with Crippen molar-refractivity contribution in [2.45, 2.75) is 17.4 Å². The number of rotatable bonds is 7. The number of carbonyl (C=O) groups is 2. The van der Waals surface area contributed by atoms with Crippen LogP contribution >= 0.6 is 0 Å². The number of carboxylic acids is 1. The third kappa shape index (κ3) is 4.88. The topological polar surface area (TPSA) is 113 Å². The molecule has 1 saturated heterocycles. The molecule has 1 heterocycles. The maximum atomic E-state index is 12.7. The van der Waals surface area contributed by atoms with E-state index in [9.17, 15) is 18.0 Å². The fraction of sp³-hybridized carbons (Fsp3) is 0.375. The minimum absolute atomic E-state index is 0.0387. The van der Waals surface area contributed by atoms with E-state index in [1.165, 1.54) is 35.2 Å². The van der Waals surface area contributed by atoms with Crippen LogP contribution in [0.2, 0.25) is 0 Å². The Bertz CT molecular complexity index is 762. The third-order valence-corrected chi connectivity index (χ3v) is 5.13. The van der Waals surface area contributed by atoms with Gasteiger partial charge in [0.25, 0.3) is 5.91 Å². The second-order valence-corrected chi connectivity index (χ2v) is 7.26. The fourth-order valence-electron chi connectivity index (χ4n) is 2.51. The quantitative estimate of drug-likeness (QED) is 0.677. The second kappa shape index (κ2) is 8.24. The Hall–Kier alpha value is -2.23. The van der Waals surface area contributed by atoms with E-state index in [4.69, 9.17) is 9.84 Å².